The number of carbonyl (C=O) groups is 1. The Morgan fingerprint density at radius 3 is 2.77 bits per heavy atom. The first-order chi connectivity index (χ1) is 10.4. The number of likely N-dealkylation sites (N-methyl/N-ethyl adjacent to an activating group) is 1. The van der Waals surface area contributed by atoms with Crippen LogP contribution in [-0.2, 0) is 14.8 Å². The van der Waals surface area contributed by atoms with Crippen molar-refractivity contribution in [1.82, 2.24) is 14.2 Å². The summed E-state index contributed by atoms with van der Waals surface area (Å²) in [6, 6.07) is 6.18. The Bertz CT molecular complexity index is 830. The van der Waals surface area contributed by atoms with E-state index in [9.17, 15) is 13.2 Å². The quantitative estimate of drug-likeness (QED) is 0.831. The van der Waals surface area contributed by atoms with Crippen LogP contribution in [0.2, 0.25) is 0 Å². The Hall–Kier alpha value is -1.99. The van der Waals surface area contributed by atoms with E-state index in [0.717, 1.165) is 5.39 Å². The molecule has 1 saturated heterocycles. The van der Waals surface area contributed by atoms with E-state index in [1.54, 1.807) is 49.5 Å². The number of aromatic nitrogens is 1. The highest BCUT2D eigenvalue weighted by Crippen LogP contribution is 2.27. The maximum atomic E-state index is 13.0. The minimum Gasteiger partial charge on any atom is -0.343 e. The standard InChI is InChI=1S/C15H17N3O3S/c1-11-15(19)17(2)8-9-18(11)22(20,21)14-5-3-4-12-6-7-16-10-13(12)14/h3-7,10-11H,8-9H2,1-2H3. The molecule has 1 aliphatic rings. The van der Waals surface area contributed by atoms with E-state index in [-0.39, 0.29) is 10.8 Å². The van der Waals surface area contributed by atoms with E-state index < -0.39 is 16.1 Å². The smallest absolute Gasteiger partial charge is 0.244 e. The molecule has 1 amide bonds. The molecule has 2 heterocycles. The molecule has 1 fully saturated rings. The zero-order valence-corrected chi connectivity index (χ0v) is 13.2. The van der Waals surface area contributed by atoms with Crippen LogP contribution < -0.4 is 0 Å². The van der Waals surface area contributed by atoms with Gasteiger partial charge < -0.3 is 4.90 Å². The molecule has 0 spiro atoms. The number of pyridine rings is 1. The first-order valence-corrected chi connectivity index (χ1v) is 8.46. The molecule has 1 aliphatic heterocycles. The summed E-state index contributed by atoms with van der Waals surface area (Å²) in [7, 11) is -2.06. The molecule has 22 heavy (non-hydrogen) atoms. The Kier molecular flexibility index (Phi) is 3.62. The van der Waals surface area contributed by atoms with E-state index in [0.29, 0.717) is 18.5 Å². The van der Waals surface area contributed by atoms with Crippen LogP contribution in [0.5, 0.6) is 0 Å². The van der Waals surface area contributed by atoms with Gasteiger partial charge in [0.15, 0.2) is 0 Å². The van der Waals surface area contributed by atoms with Crippen molar-refractivity contribution in [2.24, 2.45) is 0 Å². The summed E-state index contributed by atoms with van der Waals surface area (Å²) >= 11 is 0. The fourth-order valence-electron chi connectivity index (χ4n) is 2.76. The molecule has 1 unspecified atom stereocenters. The molecule has 7 heteroatoms. The van der Waals surface area contributed by atoms with Gasteiger partial charge in [0.25, 0.3) is 0 Å². The average molecular weight is 319 g/mol. The van der Waals surface area contributed by atoms with Crippen molar-refractivity contribution in [2.45, 2.75) is 17.9 Å². The maximum Gasteiger partial charge on any atom is 0.244 e. The molecule has 0 radical (unpaired) electrons. The predicted octanol–water partition coefficient (Wildman–Crippen LogP) is 1.09. The monoisotopic (exact) mass is 319 g/mol. The third-order valence-corrected chi connectivity index (χ3v) is 6.08. The fourth-order valence-corrected chi connectivity index (χ4v) is 4.54. The second-order valence-electron chi connectivity index (χ2n) is 5.40. The SMILES string of the molecule is CC1C(=O)N(C)CCN1S(=O)(=O)c1cccc2ccncc12. The van der Waals surface area contributed by atoms with Gasteiger partial charge in [0.2, 0.25) is 15.9 Å². The van der Waals surface area contributed by atoms with Crippen molar-refractivity contribution >= 4 is 26.7 Å². The Morgan fingerprint density at radius 2 is 2.00 bits per heavy atom. The lowest BCUT2D eigenvalue weighted by Crippen LogP contribution is -2.56. The normalized spacial score (nSPS) is 20.5. The van der Waals surface area contributed by atoms with Crippen molar-refractivity contribution in [3.63, 3.8) is 0 Å². The number of piperazine rings is 1. The van der Waals surface area contributed by atoms with Crippen LogP contribution in [-0.4, -0.2) is 54.7 Å². The Balaban J connectivity index is 2.11. The minimum atomic E-state index is -3.75. The Morgan fingerprint density at radius 1 is 1.23 bits per heavy atom. The van der Waals surface area contributed by atoms with Crippen molar-refractivity contribution in [3.8, 4) is 0 Å². The molecule has 1 aromatic carbocycles. The average Bonchev–Trinajstić information content (AvgIpc) is 2.52. The topological polar surface area (TPSA) is 70.6 Å². The lowest BCUT2D eigenvalue weighted by atomic mass is 10.2. The van der Waals surface area contributed by atoms with Crippen LogP contribution in [0.1, 0.15) is 6.92 Å². The molecular weight excluding hydrogens is 302 g/mol. The lowest BCUT2D eigenvalue weighted by Gasteiger charge is -2.36. The van der Waals surface area contributed by atoms with E-state index in [1.165, 1.54) is 4.31 Å². The molecule has 116 valence electrons. The van der Waals surface area contributed by atoms with Crippen LogP contribution in [0.3, 0.4) is 0 Å². The highest BCUT2D eigenvalue weighted by atomic mass is 32.2. The van der Waals surface area contributed by atoms with Gasteiger partial charge in [0, 0.05) is 37.9 Å². The molecule has 2 aromatic rings. The number of benzene rings is 1. The number of fused-ring (bicyclic) bond motifs is 1. The van der Waals surface area contributed by atoms with Crippen LogP contribution in [0, 0.1) is 0 Å². The number of carbonyl (C=O) groups excluding carboxylic acids is 1. The van der Waals surface area contributed by atoms with E-state index in [4.69, 9.17) is 0 Å². The van der Waals surface area contributed by atoms with E-state index in [1.807, 2.05) is 6.07 Å². The third kappa shape index (κ3) is 2.26. The van der Waals surface area contributed by atoms with Gasteiger partial charge in [-0.15, -0.1) is 0 Å². The van der Waals surface area contributed by atoms with Crippen LogP contribution in [0.4, 0.5) is 0 Å². The number of hydrogen-bond acceptors (Lipinski definition) is 4. The van der Waals surface area contributed by atoms with Crippen molar-refractivity contribution < 1.29 is 13.2 Å². The molecule has 0 saturated carbocycles. The van der Waals surface area contributed by atoms with Gasteiger partial charge in [-0.05, 0) is 24.4 Å². The third-order valence-electron chi connectivity index (χ3n) is 4.05. The van der Waals surface area contributed by atoms with Gasteiger partial charge in [-0.2, -0.15) is 4.31 Å². The first kappa shape index (κ1) is 14.9. The summed E-state index contributed by atoms with van der Waals surface area (Å²) in [5.74, 6) is -0.187. The van der Waals surface area contributed by atoms with Crippen molar-refractivity contribution in [2.75, 3.05) is 20.1 Å². The van der Waals surface area contributed by atoms with Gasteiger partial charge in [0.05, 0.1) is 4.90 Å². The van der Waals surface area contributed by atoms with Gasteiger partial charge in [-0.1, -0.05) is 12.1 Å². The molecule has 0 aliphatic carbocycles. The number of nitrogens with zero attached hydrogens (tertiary/aromatic N) is 3. The Labute approximate surface area is 129 Å². The van der Waals surface area contributed by atoms with Crippen molar-refractivity contribution in [1.29, 1.82) is 0 Å². The first-order valence-electron chi connectivity index (χ1n) is 7.02. The highest BCUT2D eigenvalue weighted by molar-refractivity contribution is 7.89. The second kappa shape index (κ2) is 5.33. The molecule has 1 atom stereocenters. The molecule has 6 nitrogen and oxygen atoms in total. The minimum absolute atomic E-state index is 0.187. The van der Waals surface area contributed by atoms with Crippen molar-refractivity contribution in [3.05, 3.63) is 36.7 Å². The summed E-state index contributed by atoms with van der Waals surface area (Å²) < 4.78 is 27.3. The fraction of sp³-hybridized carbons (Fsp3) is 0.333. The van der Waals surface area contributed by atoms with Gasteiger partial charge >= 0.3 is 0 Å². The lowest BCUT2D eigenvalue weighted by molar-refractivity contribution is -0.136. The van der Waals surface area contributed by atoms with Crippen LogP contribution >= 0.6 is 0 Å². The molecular formula is C15H17N3O3S. The number of sulfonamides is 1. The van der Waals surface area contributed by atoms with Gasteiger partial charge in [-0.25, -0.2) is 8.42 Å². The highest BCUT2D eigenvalue weighted by Gasteiger charge is 2.38. The van der Waals surface area contributed by atoms with Crippen LogP contribution in [0.25, 0.3) is 10.8 Å². The summed E-state index contributed by atoms with van der Waals surface area (Å²) in [5, 5.41) is 1.38. The maximum absolute atomic E-state index is 13.0. The van der Waals surface area contributed by atoms with Crippen LogP contribution in [0.15, 0.2) is 41.6 Å². The number of hydrogen-bond donors (Lipinski definition) is 0. The molecule has 0 N–H and O–H groups in total. The summed E-state index contributed by atoms with van der Waals surface area (Å²) in [6.07, 6.45) is 3.17. The number of rotatable bonds is 2. The van der Waals surface area contributed by atoms with Gasteiger partial charge in [-0.3, -0.25) is 9.78 Å². The van der Waals surface area contributed by atoms with E-state index >= 15 is 0 Å². The largest absolute Gasteiger partial charge is 0.343 e. The zero-order valence-electron chi connectivity index (χ0n) is 12.4. The molecule has 3 rings (SSSR count). The predicted molar refractivity (Wildman–Crippen MR) is 82.7 cm³/mol. The zero-order chi connectivity index (χ0) is 15.9. The van der Waals surface area contributed by atoms with Gasteiger partial charge in [0.1, 0.15) is 6.04 Å². The summed E-state index contributed by atoms with van der Waals surface area (Å²) in [5.41, 5.74) is 0. The summed E-state index contributed by atoms with van der Waals surface area (Å²) in [4.78, 5) is 17.9. The number of amides is 1. The molecule has 0 bridgehead atoms. The summed E-state index contributed by atoms with van der Waals surface area (Å²) in [6.45, 7) is 2.31. The second-order valence-corrected chi connectivity index (χ2v) is 7.26. The molecule has 1 aromatic heterocycles. The van der Waals surface area contributed by atoms with E-state index in [2.05, 4.69) is 4.98 Å².